The molecule has 0 saturated carbocycles. The maximum atomic E-state index is 14.1. The van der Waals surface area contributed by atoms with E-state index in [1.165, 1.54) is 11.3 Å². The molecular weight excluding hydrogens is 526 g/mol. The van der Waals surface area contributed by atoms with Crippen molar-refractivity contribution in [3.05, 3.63) is 108 Å². The average Bonchev–Trinajstić information content (AvgIpc) is 3.41. The quantitative estimate of drug-likeness (QED) is 0.322. The predicted molar refractivity (Wildman–Crippen MR) is 155 cm³/mol. The molecule has 0 saturated heterocycles. The van der Waals surface area contributed by atoms with Crippen LogP contribution in [0.3, 0.4) is 0 Å². The van der Waals surface area contributed by atoms with E-state index < -0.39 is 12.0 Å². The Morgan fingerprint density at radius 3 is 2.40 bits per heavy atom. The summed E-state index contributed by atoms with van der Waals surface area (Å²) in [7, 11) is 5.11. The van der Waals surface area contributed by atoms with E-state index in [1.807, 2.05) is 63.4 Å². The second kappa shape index (κ2) is 11.0. The van der Waals surface area contributed by atoms with Crippen LogP contribution in [-0.4, -0.2) is 35.9 Å². The predicted octanol–water partition coefficient (Wildman–Crippen LogP) is 3.91. The number of methoxy groups -OCH3 is 2. The van der Waals surface area contributed by atoms with Crippen LogP contribution in [0, 0.1) is 13.8 Å². The van der Waals surface area contributed by atoms with Crippen molar-refractivity contribution in [3.8, 4) is 11.5 Å². The number of fused-ring (bicyclic) bond motifs is 1. The Morgan fingerprint density at radius 1 is 1.05 bits per heavy atom. The molecule has 0 bridgehead atoms. The van der Waals surface area contributed by atoms with Gasteiger partial charge in [0.25, 0.3) is 5.56 Å². The SMILES string of the molecule is CCOC(=O)C1=C(c2ccccc2)N=c2s/c(=C/c3cc(C)n(C)c3C)c(=O)n2[C@H]1c1ccc(OC)c(OC)c1. The van der Waals surface area contributed by atoms with Crippen molar-refractivity contribution in [1.29, 1.82) is 0 Å². The van der Waals surface area contributed by atoms with Crippen LogP contribution < -0.4 is 24.4 Å². The number of carbonyl (C=O) groups excluding carboxylic acids is 1. The lowest BCUT2D eigenvalue weighted by molar-refractivity contribution is -0.138. The van der Waals surface area contributed by atoms with E-state index >= 15 is 0 Å². The van der Waals surface area contributed by atoms with Crippen molar-refractivity contribution in [3.63, 3.8) is 0 Å². The zero-order chi connectivity index (χ0) is 28.6. The van der Waals surface area contributed by atoms with Gasteiger partial charge in [-0.3, -0.25) is 9.36 Å². The molecule has 3 heterocycles. The van der Waals surface area contributed by atoms with E-state index in [2.05, 4.69) is 10.6 Å². The lowest BCUT2D eigenvalue weighted by Gasteiger charge is -2.26. The van der Waals surface area contributed by atoms with E-state index in [-0.39, 0.29) is 17.7 Å². The summed E-state index contributed by atoms with van der Waals surface area (Å²) in [5.74, 6) is 0.492. The molecule has 4 aromatic rings. The first-order chi connectivity index (χ1) is 19.3. The van der Waals surface area contributed by atoms with Gasteiger partial charge in [-0.15, -0.1) is 0 Å². The first-order valence-corrected chi connectivity index (χ1v) is 13.7. The molecule has 0 unspecified atom stereocenters. The fourth-order valence-corrected chi connectivity index (χ4v) is 5.94. The van der Waals surface area contributed by atoms with Crippen LogP contribution in [0.15, 0.2) is 70.0 Å². The monoisotopic (exact) mass is 557 g/mol. The van der Waals surface area contributed by atoms with E-state index in [4.69, 9.17) is 19.2 Å². The fraction of sp³-hybridized carbons (Fsp3) is 0.258. The highest BCUT2D eigenvalue weighted by atomic mass is 32.1. The number of aryl methyl sites for hydroxylation is 1. The van der Waals surface area contributed by atoms with Crippen LogP contribution in [0.1, 0.15) is 41.0 Å². The van der Waals surface area contributed by atoms with Gasteiger partial charge in [-0.05, 0) is 56.2 Å². The molecule has 8 nitrogen and oxygen atoms in total. The van der Waals surface area contributed by atoms with Crippen molar-refractivity contribution in [1.82, 2.24) is 9.13 Å². The third-order valence-corrected chi connectivity index (χ3v) is 8.18. The molecule has 2 aromatic carbocycles. The highest BCUT2D eigenvalue weighted by Crippen LogP contribution is 2.38. The lowest BCUT2D eigenvalue weighted by atomic mass is 9.93. The van der Waals surface area contributed by atoms with Crippen LogP contribution in [0.4, 0.5) is 0 Å². The second-order valence-electron chi connectivity index (χ2n) is 9.43. The van der Waals surface area contributed by atoms with Gasteiger partial charge in [0.05, 0.1) is 42.7 Å². The van der Waals surface area contributed by atoms with Crippen LogP contribution in [0.5, 0.6) is 11.5 Å². The molecule has 1 aliphatic rings. The van der Waals surface area contributed by atoms with Crippen LogP contribution in [0.2, 0.25) is 0 Å². The number of esters is 1. The number of benzene rings is 2. The average molecular weight is 558 g/mol. The minimum atomic E-state index is -0.800. The van der Waals surface area contributed by atoms with E-state index in [0.29, 0.717) is 32.1 Å². The highest BCUT2D eigenvalue weighted by Gasteiger charge is 2.35. The smallest absolute Gasteiger partial charge is 0.338 e. The maximum absolute atomic E-state index is 14.1. The third kappa shape index (κ3) is 4.66. The fourth-order valence-electron chi connectivity index (χ4n) is 4.95. The summed E-state index contributed by atoms with van der Waals surface area (Å²) in [6, 6.07) is 16.1. The summed E-state index contributed by atoms with van der Waals surface area (Å²) in [6.45, 7) is 5.99. The largest absolute Gasteiger partial charge is 0.493 e. The van der Waals surface area contributed by atoms with Gasteiger partial charge in [0.1, 0.15) is 0 Å². The molecular formula is C31H31N3O5S. The van der Waals surface area contributed by atoms with Gasteiger partial charge in [-0.2, -0.15) is 0 Å². The summed E-state index contributed by atoms with van der Waals surface area (Å²) in [5, 5.41) is 0. The molecule has 5 rings (SSSR count). The Morgan fingerprint density at radius 2 is 1.77 bits per heavy atom. The van der Waals surface area contributed by atoms with E-state index in [1.54, 1.807) is 37.8 Å². The molecule has 0 aliphatic carbocycles. The Hall–Kier alpha value is -4.37. The van der Waals surface area contributed by atoms with Gasteiger partial charge in [0, 0.05) is 24.0 Å². The number of hydrogen-bond donors (Lipinski definition) is 0. The minimum absolute atomic E-state index is 0.181. The number of thiazole rings is 1. The van der Waals surface area contributed by atoms with Crippen LogP contribution in [-0.2, 0) is 16.6 Å². The second-order valence-corrected chi connectivity index (χ2v) is 10.4. The van der Waals surface area contributed by atoms with Gasteiger partial charge in [0.2, 0.25) is 0 Å². The molecule has 206 valence electrons. The molecule has 0 spiro atoms. The minimum Gasteiger partial charge on any atom is -0.493 e. The van der Waals surface area contributed by atoms with Gasteiger partial charge >= 0.3 is 5.97 Å². The molecule has 0 amide bonds. The number of carbonyl (C=O) groups is 1. The Balaban J connectivity index is 1.86. The summed E-state index contributed by atoms with van der Waals surface area (Å²) >= 11 is 1.30. The first-order valence-electron chi connectivity index (χ1n) is 12.9. The van der Waals surface area contributed by atoms with Crippen molar-refractivity contribution in [2.24, 2.45) is 12.0 Å². The topological polar surface area (TPSA) is 84.1 Å². The van der Waals surface area contributed by atoms with Gasteiger partial charge < -0.3 is 18.8 Å². The molecule has 0 fully saturated rings. The highest BCUT2D eigenvalue weighted by molar-refractivity contribution is 7.07. The number of nitrogens with zero attached hydrogens (tertiary/aromatic N) is 3. The molecule has 9 heteroatoms. The zero-order valence-electron chi connectivity index (χ0n) is 23.3. The van der Waals surface area contributed by atoms with Crippen molar-refractivity contribution in [2.75, 3.05) is 20.8 Å². The Kier molecular flexibility index (Phi) is 7.49. The summed E-state index contributed by atoms with van der Waals surface area (Å²) < 4.78 is 20.8. The first kappa shape index (κ1) is 27.2. The number of ether oxygens (including phenoxy) is 3. The summed E-state index contributed by atoms with van der Waals surface area (Å²) in [4.78, 5) is 33.1. The number of rotatable bonds is 7. The van der Waals surface area contributed by atoms with Crippen molar-refractivity contribution in [2.45, 2.75) is 26.8 Å². The van der Waals surface area contributed by atoms with Gasteiger partial charge in [-0.1, -0.05) is 47.7 Å². The molecule has 1 atom stereocenters. The zero-order valence-corrected chi connectivity index (χ0v) is 24.2. The van der Waals surface area contributed by atoms with Gasteiger partial charge in [-0.25, -0.2) is 9.79 Å². The summed E-state index contributed by atoms with van der Waals surface area (Å²) in [5.41, 5.74) is 5.04. The lowest BCUT2D eigenvalue weighted by Crippen LogP contribution is -2.40. The normalized spacial score (nSPS) is 15.1. The molecule has 0 radical (unpaired) electrons. The Labute approximate surface area is 236 Å². The standard InChI is InChI=1S/C31H31N3O5S/c1-7-39-30(36)26-27(20-11-9-8-10-12-20)32-31-34(28(26)21-13-14-23(37-5)24(16-21)38-6)29(35)25(40-31)17-22-15-18(2)33(4)19(22)3/h8-17,28H,7H2,1-6H3/b25-17+/t28-/m0/s1. The van der Waals surface area contributed by atoms with Gasteiger partial charge in [0.15, 0.2) is 16.3 Å². The maximum Gasteiger partial charge on any atom is 0.338 e. The van der Waals surface area contributed by atoms with Crippen LogP contribution in [0.25, 0.3) is 11.8 Å². The van der Waals surface area contributed by atoms with Crippen molar-refractivity contribution < 1.29 is 19.0 Å². The number of hydrogen-bond acceptors (Lipinski definition) is 7. The Bertz CT molecular complexity index is 1810. The third-order valence-electron chi connectivity index (χ3n) is 7.20. The van der Waals surface area contributed by atoms with Crippen molar-refractivity contribution >= 4 is 29.1 Å². The number of aromatic nitrogens is 2. The van der Waals surface area contributed by atoms with Crippen LogP contribution >= 0.6 is 11.3 Å². The molecule has 2 aromatic heterocycles. The molecule has 0 N–H and O–H groups in total. The molecule has 1 aliphatic heterocycles. The van der Waals surface area contributed by atoms with E-state index in [9.17, 15) is 9.59 Å². The van der Waals surface area contributed by atoms with E-state index in [0.717, 1.165) is 22.5 Å². The summed E-state index contributed by atoms with van der Waals surface area (Å²) in [6.07, 6.45) is 1.90. The molecule has 40 heavy (non-hydrogen) atoms.